The largest absolute Gasteiger partial charge is 0.495 e. The summed E-state index contributed by atoms with van der Waals surface area (Å²) in [5.41, 5.74) is -0.365. The molecule has 0 aliphatic heterocycles. The second kappa shape index (κ2) is 9.14. The quantitative estimate of drug-likeness (QED) is 0.521. The normalized spacial score (nSPS) is 16.4. The second-order valence-electron chi connectivity index (χ2n) is 9.22. The van der Waals surface area contributed by atoms with Gasteiger partial charge >= 0.3 is 5.97 Å². The van der Waals surface area contributed by atoms with Crippen LogP contribution in [0.4, 0.5) is 8.78 Å². The van der Waals surface area contributed by atoms with Gasteiger partial charge in [-0.05, 0) is 51.3 Å². The Kier molecular flexibility index (Phi) is 6.85. The Morgan fingerprint density at radius 2 is 1.97 bits per heavy atom. The summed E-state index contributed by atoms with van der Waals surface area (Å²) in [5, 5.41) is 9.83. The standard InChI is InChI=1S/C24H25ClF2N2O4/c1-23(2,3)33-22(31)19(7-14-10-24(26,27)11-14)29-13-20(32-4)18(9-21(29)30)17-8-16(25)6-5-15(17)12-28/h5-6,8-9,13-14,19H,7,10-11H2,1-4H3. The van der Waals surface area contributed by atoms with Gasteiger partial charge in [0.2, 0.25) is 5.92 Å². The van der Waals surface area contributed by atoms with Crippen molar-refractivity contribution in [3.05, 3.63) is 51.4 Å². The van der Waals surface area contributed by atoms with Crippen molar-refractivity contribution in [3.63, 3.8) is 0 Å². The zero-order chi connectivity index (χ0) is 24.6. The third kappa shape index (κ3) is 5.72. The van der Waals surface area contributed by atoms with Gasteiger partial charge in [0, 0.05) is 35.1 Å². The fraction of sp³-hybridized carbons (Fsp3) is 0.458. The lowest BCUT2D eigenvalue weighted by Gasteiger charge is -2.37. The molecule has 1 aliphatic carbocycles. The van der Waals surface area contributed by atoms with Crippen LogP contribution in [0, 0.1) is 17.2 Å². The van der Waals surface area contributed by atoms with E-state index in [0.29, 0.717) is 16.1 Å². The number of carbonyl (C=O) groups is 1. The highest BCUT2D eigenvalue weighted by Gasteiger charge is 2.47. The lowest BCUT2D eigenvalue weighted by atomic mass is 9.77. The maximum atomic E-state index is 13.4. The summed E-state index contributed by atoms with van der Waals surface area (Å²) in [5.74, 6) is -3.64. The fourth-order valence-corrected chi connectivity index (χ4v) is 4.11. The molecule has 1 aromatic heterocycles. The predicted molar refractivity (Wildman–Crippen MR) is 120 cm³/mol. The fourth-order valence-electron chi connectivity index (χ4n) is 3.94. The molecule has 1 saturated carbocycles. The predicted octanol–water partition coefficient (Wildman–Crippen LogP) is 5.37. The first kappa shape index (κ1) is 24.7. The Morgan fingerprint density at radius 1 is 1.30 bits per heavy atom. The third-order valence-corrected chi connectivity index (χ3v) is 5.64. The molecule has 1 aromatic carbocycles. The Bertz CT molecular complexity index is 1160. The molecule has 0 N–H and O–H groups in total. The van der Waals surface area contributed by atoms with E-state index in [1.165, 1.54) is 25.4 Å². The summed E-state index contributed by atoms with van der Waals surface area (Å²) in [6, 6.07) is 6.84. The molecule has 1 heterocycles. The highest BCUT2D eigenvalue weighted by Crippen LogP contribution is 2.46. The molecule has 1 fully saturated rings. The number of hydrogen-bond donors (Lipinski definition) is 0. The van der Waals surface area contributed by atoms with E-state index in [2.05, 4.69) is 6.07 Å². The van der Waals surface area contributed by atoms with Crippen molar-refractivity contribution in [1.82, 2.24) is 4.57 Å². The van der Waals surface area contributed by atoms with Crippen LogP contribution in [0.25, 0.3) is 11.1 Å². The number of ether oxygens (including phenoxy) is 2. The Labute approximate surface area is 195 Å². The lowest BCUT2D eigenvalue weighted by molar-refractivity contribution is -0.163. The van der Waals surface area contributed by atoms with Crippen LogP contribution in [0.3, 0.4) is 0 Å². The number of aromatic nitrogens is 1. The molecule has 2 aromatic rings. The molecule has 33 heavy (non-hydrogen) atoms. The summed E-state index contributed by atoms with van der Waals surface area (Å²) < 4.78 is 38.9. The van der Waals surface area contributed by atoms with Crippen molar-refractivity contribution in [3.8, 4) is 22.9 Å². The molecule has 6 nitrogen and oxygen atoms in total. The van der Waals surface area contributed by atoms with Gasteiger partial charge < -0.3 is 9.47 Å². The summed E-state index contributed by atoms with van der Waals surface area (Å²) in [4.78, 5) is 26.1. The highest BCUT2D eigenvalue weighted by molar-refractivity contribution is 6.31. The smallest absolute Gasteiger partial charge is 0.329 e. The van der Waals surface area contributed by atoms with Gasteiger partial charge in [0.15, 0.2) is 0 Å². The number of nitrogens with zero attached hydrogens (tertiary/aromatic N) is 2. The minimum Gasteiger partial charge on any atom is -0.495 e. The number of carbonyl (C=O) groups excluding carboxylic acids is 1. The number of pyridine rings is 1. The van der Waals surface area contributed by atoms with Gasteiger partial charge in [-0.25, -0.2) is 13.6 Å². The minimum atomic E-state index is -2.75. The Balaban J connectivity index is 2.07. The van der Waals surface area contributed by atoms with Crippen molar-refractivity contribution in [2.45, 2.75) is 57.6 Å². The number of rotatable bonds is 6. The number of alkyl halides is 2. The second-order valence-corrected chi connectivity index (χ2v) is 9.65. The monoisotopic (exact) mass is 478 g/mol. The average Bonchev–Trinajstić information content (AvgIpc) is 2.69. The van der Waals surface area contributed by atoms with Crippen LogP contribution in [0.2, 0.25) is 5.02 Å². The van der Waals surface area contributed by atoms with E-state index in [-0.39, 0.29) is 30.6 Å². The van der Waals surface area contributed by atoms with Crippen LogP contribution in [-0.2, 0) is 9.53 Å². The molecular formula is C24H25ClF2N2O4. The van der Waals surface area contributed by atoms with Crippen LogP contribution in [0.5, 0.6) is 5.75 Å². The number of esters is 1. The molecule has 1 unspecified atom stereocenters. The number of benzene rings is 1. The molecule has 0 spiro atoms. The third-order valence-electron chi connectivity index (χ3n) is 5.40. The zero-order valence-electron chi connectivity index (χ0n) is 18.8. The van der Waals surface area contributed by atoms with E-state index < -0.39 is 35.0 Å². The number of nitriles is 1. The van der Waals surface area contributed by atoms with E-state index in [1.807, 2.05) is 0 Å². The summed E-state index contributed by atoms with van der Waals surface area (Å²) >= 11 is 6.09. The van der Waals surface area contributed by atoms with Crippen LogP contribution in [-0.4, -0.2) is 29.2 Å². The Morgan fingerprint density at radius 3 is 2.52 bits per heavy atom. The molecule has 1 aliphatic rings. The maximum absolute atomic E-state index is 13.4. The average molecular weight is 479 g/mol. The summed E-state index contributed by atoms with van der Waals surface area (Å²) in [7, 11) is 1.39. The first-order valence-electron chi connectivity index (χ1n) is 10.4. The molecule has 176 valence electrons. The zero-order valence-corrected chi connectivity index (χ0v) is 19.6. The highest BCUT2D eigenvalue weighted by atomic mass is 35.5. The molecule has 1 atom stereocenters. The first-order chi connectivity index (χ1) is 15.3. The van der Waals surface area contributed by atoms with Crippen LogP contribution in [0.1, 0.15) is 51.6 Å². The van der Waals surface area contributed by atoms with Gasteiger partial charge in [-0.2, -0.15) is 5.26 Å². The van der Waals surface area contributed by atoms with Crippen LogP contribution in [0.15, 0.2) is 35.3 Å². The van der Waals surface area contributed by atoms with Crippen molar-refractivity contribution in [2.75, 3.05) is 7.11 Å². The molecule has 0 bridgehead atoms. The van der Waals surface area contributed by atoms with E-state index in [9.17, 15) is 23.6 Å². The minimum absolute atomic E-state index is 0.0352. The summed E-state index contributed by atoms with van der Waals surface area (Å²) in [6.07, 6.45) is 0.702. The van der Waals surface area contributed by atoms with E-state index in [1.54, 1.807) is 32.9 Å². The van der Waals surface area contributed by atoms with Gasteiger partial charge in [0.1, 0.15) is 17.4 Å². The first-order valence-corrected chi connectivity index (χ1v) is 10.8. The lowest BCUT2D eigenvalue weighted by Crippen LogP contribution is -2.41. The van der Waals surface area contributed by atoms with Crippen molar-refractivity contribution >= 4 is 17.6 Å². The van der Waals surface area contributed by atoms with Crippen LogP contribution >= 0.6 is 11.6 Å². The van der Waals surface area contributed by atoms with Gasteiger partial charge in [-0.15, -0.1) is 0 Å². The van der Waals surface area contributed by atoms with Gasteiger partial charge in [0.05, 0.1) is 24.9 Å². The molecule has 0 radical (unpaired) electrons. The SMILES string of the molecule is COc1cn(C(CC2CC(F)(F)C2)C(=O)OC(C)(C)C)c(=O)cc1-c1cc(Cl)ccc1C#N. The van der Waals surface area contributed by atoms with Gasteiger partial charge in [-0.3, -0.25) is 9.36 Å². The number of methoxy groups -OCH3 is 1. The van der Waals surface area contributed by atoms with E-state index in [4.69, 9.17) is 21.1 Å². The van der Waals surface area contributed by atoms with E-state index in [0.717, 1.165) is 4.57 Å². The number of hydrogen-bond acceptors (Lipinski definition) is 5. The topological polar surface area (TPSA) is 81.3 Å². The van der Waals surface area contributed by atoms with Gasteiger partial charge in [-0.1, -0.05) is 11.6 Å². The van der Waals surface area contributed by atoms with Crippen molar-refractivity contribution < 1.29 is 23.0 Å². The molecule has 0 amide bonds. The van der Waals surface area contributed by atoms with Crippen molar-refractivity contribution in [1.29, 1.82) is 5.26 Å². The molecule has 0 saturated heterocycles. The van der Waals surface area contributed by atoms with Crippen molar-refractivity contribution in [2.24, 2.45) is 5.92 Å². The van der Waals surface area contributed by atoms with Crippen LogP contribution < -0.4 is 10.3 Å². The molecular weight excluding hydrogens is 454 g/mol. The maximum Gasteiger partial charge on any atom is 0.329 e. The van der Waals surface area contributed by atoms with E-state index >= 15 is 0 Å². The molecule has 3 rings (SSSR count). The Hall–Kier alpha value is -2.92. The number of halogens is 3. The van der Waals surface area contributed by atoms with Gasteiger partial charge in [0.25, 0.3) is 5.56 Å². The molecule has 9 heteroatoms. The summed E-state index contributed by atoms with van der Waals surface area (Å²) in [6.45, 7) is 5.07.